The number of hydrogen-bond acceptors (Lipinski definition) is 6. The highest BCUT2D eigenvalue weighted by Gasteiger charge is 2.31. The molecule has 0 aliphatic rings. The molecule has 2 heterocycles. The van der Waals surface area contributed by atoms with Crippen LogP contribution in [0.4, 0.5) is 11.6 Å². The van der Waals surface area contributed by atoms with E-state index in [0.29, 0.717) is 17.4 Å². The number of rotatable bonds is 6. The molecule has 2 rings (SSSR count). The molecule has 0 amide bonds. The first-order valence-electron chi connectivity index (χ1n) is 6.44. The van der Waals surface area contributed by atoms with Gasteiger partial charge >= 0.3 is 5.82 Å². The Kier molecular flexibility index (Phi) is 3.96. The first kappa shape index (κ1) is 14.7. The van der Waals surface area contributed by atoms with Crippen LogP contribution in [-0.4, -0.2) is 26.4 Å². The number of nitrogens with one attached hydrogen (secondary N) is 1. The van der Waals surface area contributed by atoms with Gasteiger partial charge in [-0.05, 0) is 24.2 Å². The predicted molar refractivity (Wildman–Crippen MR) is 80.3 cm³/mol. The van der Waals surface area contributed by atoms with Gasteiger partial charge in [0.15, 0.2) is 0 Å². The lowest BCUT2D eigenvalue weighted by atomic mass is 9.91. The molecule has 110 valence electrons. The standard InChI is InChI=1S/C12H19N5O2S/c1-8(2)6-12(3,7-13)15-9-10(17(18)19)16-4-5-20-11(16)14-9/h4-5,8,15H,6-7,13H2,1-3H3. The smallest absolute Gasteiger partial charge is 0.358 e. The Morgan fingerprint density at radius 1 is 1.65 bits per heavy atom. The third-order valence-corrected chi connectivity index (χ3v) is 3.90. The van der Waals surface area contributed by atoms with E-state index in [4.69, 9.17) is 5.73 Å². The summed E-state index contributed by atoms with van der Waals surface area (Å²) >= 11 is 1.36. The molecule has 8 heteroatoms. The number of aromatic nitrogens is 2. The first-order valence-corrected chi connectivity index (χ1v) is 7.32. The number of nitrogens with two attached hydrogens (primary N) is 1. The average Bonchev–Trinajstić information content (AvgIpc) is 2.86. The number of nitro groups is 1. The van der Waals surface area contributed by atoms with Crippen LogP contribution in [0.15, 0.2) is 11.6 Å². The zero-order valence-electron chi connectivity index (χ0n) is 11.8. The topological polar surface area (TPSA) is 98.5 Å². The van der Waals surface area contributed by atoms with Crippen molar-refractivity contribution in [2.24, 2.45) is 11.7 Å². The summed E-state index contributed by atoms with van der Waals surface area (Å²) in [5, 5.41) is 16.2. The van der Waals surface area contributed by atoms with Crippen LogP contribution in [0.5, 0.6) is 0 Å². The zero-order valence-corrected chi connectivity index (χ0v) is 12.6. The Balaban J connectivity index is 2.39. The molecule has 0 aliphatic carbocycles. The molecule has 0 fully saturated rings. The second-order valence-corrected chi connectivity index (χ2v) is 6.46. The van der Waals surface area contributed by atoms with Gasteiger partial charge in [-0.2, -0.15) is 9.38 Å². The third-order valence-electron chi connectivity index (χ3n) is 3.14. The third kappa shape index (κ3) is 2.75. The van der Waals surface area contributed by atoms with Crippen LogP contribution >= 0.6 is 11.3 Å². The van der Waals surface area contributed by atoms with E-state index in [1.807, 2.05) is 6.92 Å². The molecule has 1 unspecified atom stereocenters. The second kappa shape index (κ2) is 5.37. The number of nitrogens with zero attached hydrogens (tertiary/aromatic N) is 3. The molecule has 0 aromatic carbocycles. The first-order chi connectivity index (χ1) is 9.36. The molecule has 7 nitrogen and oxygen atoms in total. The molecule has 0 aliphatic heterocycles. The molecule has 0 saturated carbocycles. The van der Waals surface area contributed by atoms with Crippen molar-refractivity contribution in [3.63, 3.8) is 0 Å². The Morgan fingerprint density at radius 3 is 2.90 bits per heavy atom. The van der Waals surface area contributed by atoms with Crippen molar-refractivity contribution in [2.75, 3.05) is 11.9 Å². The van der Waals surface area contributed by atoms with E-state index in [2.05, 4.69) is 24.1 Å². The van der Waals surface area contributed by atoms with E-state index in [9.17, 15) is 10.1 Å². The molecule has 0 saturated heterocycles. The Hall–Kier alpha value is -1.67. The summed E-state index contributed by atoms with van der Waals surface area (Å²) in [5.74, 6) is 0.680. The number of thiazole rings is 1. The number of imidazole rings is 1. The van der Waals surface area contributed by atoms with Gasteiger partial charge in [0.2, 0.25) is 5.82 Å². The van der Waals surface area contributed by atoms with Gasteiger partial charge in [-0.3, -0.25) is 0 Å². The van der Waals surface area contributed by atoms with Gasteiger partial charge in [0.1, 0.15) is 6.20 Å². The fourth-order valence-electron chi connectivity index (χ4n) is 2.40. The number of anilines is 1. The van der Waals surface area contributed by atoms with Crippen LogP contribution in [0, 0.1) is 16.0 Å². The van der Waals surface area contributed by atoms with Crippen LogP contribution < -0.4 is 11.1 Å². The van der Waals surface area contributed by atoms with Crippen molar-refractivity contribution in [3.05, 3.63) is 21.7 Å². The minimum absolute atomic E-state index is 0.0373. The molecule has 0 bridgehead atoms. The van der Waals surface area contributed by atoms with Crippen molar-refractivity contribution in [3.8, 4) is 0 Å². The fraction of sp³-hybridized carbons (Fsp3) is 0.583. The van der Waals surface area contributed by atoms with Crippen molar-refractivity contribution in [2.45, 2.75) is 32.7 Å². The predicted octanol–water partition coefficient (Wildman–Crippen LogP) is 2.48. The summed E-state index contributed by atoms with van der Waals surface area (Å²) in [6.07, 6.45) is 2.46. The summed E-state index contributed by atoms with van der Waals surface area (Å²) in [6, 6.07) is 0. The fourth-order valence-corrected chi connectivity index (χ4v) is 3.11. The van der Waals surface area contributed by atoms with Crippen LogP contribution in [0.25, 0.3) is 4.96 Å². The van der Waals surface area contributed by atoms with E-state index >= 15 is 0 Å². The molecule has 2 aromatic heterocycles. The molecular weight excluding hydrogens is 278 g/mol. The zero-order chi connectivity index (χ0) is 14.9. The van der Waals surface area contributed by atoms with Gasteiger partial charge in [-0.25, -0.2) is 0 Å². The van der Waals surface area contributed by atoms with E-state index in [1.165, 1.54) is 15.7 Å². The van der Waals surface area contributed by atoms with Crippen molar-refractivity contribution in [1.82, 2.24) is 9.38 Å². The average molecular weight is 297 g/mol. The van der Waals surface area contributed by atoms with Gasteiger partial charge in [-0.1, -0.05) is 25.2 Å². The summed E-state index contributed by atoms with van der Waals surface area (Å²) in [5.41, 5.74) is 5.42. The highest BCUT2D eigenvalue weighted by molar-refractivity contribution is 7.15. The summed E-state index contributed by atoms with van der Waals surface area (Å²) < 4.78 is 1.49. The molecule has 2 aromatic rings. The molecule has 3 N–H and O–H groups in total. The van der Waals surface area contributed by atoms with Gasteiger partial charge in [0, 0.05) is 17.5 Å². The maximum Gasteiger partial charge on any atom is 0.372 e. The highest BCUT2D eigenvalue weighted by Crippen LogP contribution is 2.31. The van der Waals surface area contributed by atoms with Crippen LogP contribution in [0.3, 0.4) is 0 Å². The quantitative estimate of drug-likeness (QED) is 0.630. The van der Waals surface area contributed by atoms with Gasteiger partial charge < -0.3 is 21.2 Å². The van der Waals surface area contributed by atoms with Crippen LogP contribution in [0.2, 0.25) is 0 Å². The van der Waals surface area contributed by atoms with E-state index < -0.39 is 10.5 Å². The van der Waals surface area contributed by atoms with Crippen molar-refractivity contribution >= 4 is 27.9 Å². The van der Waals surface area contributed by atoms with Gasteiger partial charge in [-0.15, -0.1) is 0 Å². The SMILES string of the molecule is CC(C)CC(C)(CN)Nc1nc2sccn2c1[N+](=O)[O-]. The Bertz CT molecular complexity index is 620. The number of hydrogen-bond donors (Lipinski definition) is 2. The summed E-state index contributed by atoms with van der Waals surface area (Å²) in [6.45, 7) is 6.53. The van der Waals surface area contributed by atoms with Crippen LogP contribution in [0.1, 0.15) is 27.2 Å². The molecule has 20 heavy (non-hydrogen) atoms. The van der Waals surface area contributed by atoms with Crippen LogP contribution in [-0.2, 0) is 0 Å². The lowest BCUT2D eigenvalue weighted by molar-refractivity contribution is -0.389. The van der Waals surface area contributed by atoms with E-state index in [1.54, 1.807) is 11.6 Å². The Morgan fingerprint density at radius 2 is 2.35 bits per heavy atom. The van der Waals surface area contributed by atoms with Gasteiger partial charge in [0.05, 0.1) is 0 Å². The normalized spacial score (nSPS) is 14.7. The van der Waals surface area contributed by atoms with Crippen molar-refractivity contribution < 1.29 is 4.92 Å². The molecule has 1 atom stereocenters. The highest BCUT2D eigenvalue weighted by atomic mass is 32.1. The van der Waals surface area contributed by atoms with Gasteiger partial charge in [0.25, 0.3) is 4.96 Å². The summed E-state index contributed by atoms with van der Waals surface area (Å²) in [4.78, 5) is 15.8. The maximum absolute atomic E-state index is 11.3. The summed E-state index contributed by atoms with van der Waals surface area (Å²) in [7, 11) is 0. The lowest BCUT2D eigenvalue weighted by Crippen LogP contribution is -2.43. The maximum atomic E-state index is 11.3. The largest absolute Gasteiger partial charge is 0.372 e. The van der Waals surface area contributed by atoms with E-state index in [0.717, 1.165) is 6.42 Å². The molecule has 0 radical (unpaired) electrons. The van der Waals surface area contributed by atoms with E-state index in [-0.39, 0.29) is 11.6 Å². The molecule has 0 spiro atoms. The lowest BCUT2D eigenvalue weighted by Gasteiger charge is -2.30. The number of fused-ring (bicyclic) bond motifs is 1. The molecular formula is C12H19N5O2S. The monoisotopic (exact) mass is 297 g/mol. The second-order valence-electron chi connectivity index (χ2n) is 5.58. The van der Waals surface area contributed by atoms with Crippen molar-refractivity contribution in [1.29, 1.82) is 0 Å². The Labute approximate surface area is 121 Å². The minimum Gasteiger partial charge on any atom is -0.358 e. The minimum atomic E-state index is -0.415.